The first-order chi connectivity index (χ1) is 12.5. The zero-order valence-corrected chi connectivity index (χ0v) is 16.8. The average molecular weight is 425 g/mol. The van der Waals surface area contributed by atoms with Crippen molar-refractivity contribution in [3.8, 4) is 17.0 Å². The van der Waals surface area contributed by atoms with Crippen molar-refractivity contribution in [1.82, 2.24) is 4.98 Å². The van der Waals surface area contributed by atoms with Gasteiger partial charge in [0.05, 0.1) is 23.6 Å². The second-order valence-corrected chi connectivity index (χ2v) is 8.11. The van der Waals surface area contributed by atoms with Gasteiger partial charge in [0.1, 0.15) is 5.75 Å². The van der Waals surface area contributed by atoms with E-state index in [-0.39, 0.29) is 11.7 Å². The van der Waals surface area contributed by atoms with Crippen LogP contribution in [0, 0.1) is 0 Å². The lowest BCUT2D eigenvalue weighted by Gasteiger charge is -2.05. The number of carbonyl (C=O) groups excluding carboxylic acids is 1. The number of anilines is 1. The maximum absolute atomic E-state index is 12.1. The summed E-state index contributed by atoms with van der Waals surface area (Å²) in [5.41, 5.74) is 2.32. The number of hydrogen-bond acceptors (Lipinski definition) is 5. The highest BCUT2D eigenvalue weighted by atomic mass is 35.5. The zero-order chi connectivity index (χ0) is 18.5. The lowest BCUT2D eigenvalue weighted by molar-refractivity contribution is -0.113. The van der Waals surface area contributed by atoms with Gasteiger partial charge in [0.25, 0.3) is 0 Å². The van der Waals surface area contributed by atoms with Gasteiger partial charge in [-0.25, -0.2) is 4.98 Å². The highest BCUT2D eigenvalue weighted by Gasteiger charge is 2.11. The molecule has 8 heteroatoms. The summed E-state index contributed by atoms with van der Waals surface area (Å²) < 4.78 is 5.89. The molecule has 0 saturated heterocycles. The number of nitrogens with zero attached hydrogens (tertiary/aromatic N) is 1. The van der Waals surface area contributed by atoms with E-state index in [9.17, 15) is 4.79 Å². The maximum Gasteiger partial charge on any atom is 0.234 e. The topological polar surface area (TPSA) is 51.2 Å². The minimum Gasteiger partial charge on any atom is -0.497 e. The molecule has 26 heavy (non-hydrogen) atoms. The molecule has 0 atom stereocenters. The summed E-state index contributed by atoms with van der Waals surface area (Å²) >= 11 is 15.0. The molecule has 0 aliphatic rings. The van der Waals surface area contributed by atoms with Crippen LogP contribution in [-0.4, -0.2) is 23.8 Å². The van der Waals surface area contributed by atoms with Crippen molar-refractivity contribution < 1.29 is 9.53 Å². The van der Waals surface area contributed by atoms with E-state index in [1.807, 2.05) is 11.4 Å². The molecule has 0 saturated carbocycles. The normalized spacial score (nSPS) is 10.6. The molecule has 2 aromatic carbocycles. The molecule has 0 aliphatic carbocycles. The fourth-order valence-electron chi connectivity index (χ4n) is 2.14. The summed E-state index contributed by atoms with van der Waals surface area (Å²) in [4.78, 5) is 16.6. The number of halogens is 2. The van der Waals surface area contributed by atoms with Crippen LogP contribution in [-0.2, 0) is 4.79 Å². The SMILES string of the molecule is COc1ccc(NC(=O)CSc2nc(-c3ccc(Cl)cc3Cl)cs2)cc1. The molecule has 1 aromatic heterocycles. The van der Waals surface area contributed by atoms with Crippen molar-refractivity contribution in [2.45, 2.75) is 4.34 Å². The minimum atomic E-state index is -0.0959. The number of ether oxygens (including phenoxy) is 1. The summed E-state index contributed by atoms with van der Waals surface area (Å²) in [6.45, 7) is 0. The Bertz CT molecular complexity index is 914. The van der Waals surface area contributed by atoms with E-state index in [0.29, 0.717) is 10.0 Å². The average Bonchev–Trinajstić information content (AvgIpc) is 3.09. The Kier molecular flexibility index (Phi) is 6.43. The number of hydrogen-bond donors (Lipinski definition) is 1. The second kappa shape index (κ2) is 8.77. The Morgan fingerprint density at radius 3 is 2.69 bits per heavy atom. The number of benzene rings is 2. The van der Waals surface area contributed by atoms with E-state index < -0.39 is 0 Å². The monoisotopic (exact) mass is 424 g/mol. The first kappa shape index (κ1) is 19.0. The van der Waals surface area contributed by atoms with E-state index in [1.54, 1.807) is 43.5 Å². The van der Waals surface area contributed by atoms with Crippen LogP contribution in [0.15, 0.2) is 52.2 Å². The Balaban J connectivity index is 1.58. The first-order valence-electron chi connectivity index (χ1n) is 7.53. The van der Waals surface area contributed by atoms with Gasteiger partial charge in [-0.15, -0.1) is 11.3 Å². The summed E-state index contributed by atoms with van der Waals surface area (Å²) in [5, 5.41) is 5.89. The molecule has 0 aliphatic heterocycles. The van der Waals surface area contributed by atoms with Crippen molar-refractivity contribution in [3.63, 3.8) is 0 Å². The smallest absolute Gasteiger partial charge is 0.234 e. The first-order valence-corrected chi connectivity index (χ1v) is 10.1. The Hall–Kier alpha value is -1.73. The van der Waals surface area contributed by atoms with Gasteiger partial charge in [0.2, 0.25) is 5.91 Å². The number of aromatic nitrogens is 1. The minimum absolute atomic E-state index is 0.0959. The lowest BCUT2D eigenvalue weighted by atomic mass is 10.2. The summed E-state index contributed by atoms with van der Waals surface area (Å²) in [6.07, 6.45) is 0. The van der Waals surface area contributed by atoms with Gasteiger partial charge >= 0.3 is 0 Å². The predicted octanol–water partition coefficient (Wildman–Crippen LogP) is 5.86. The van der Waals surface area contributed by atoms with Gasteiger partial charge < -0.3 is 10.1 Å². The molecular weight excluding hydrogens is 411 g/mol. The molecule has 1 N–H and O–H groups in total. The Morgan fingerprint density at radius 2 is 2.00 bits per heavy atom. The molecule has 4 nitrogen and oxygen atoms in total. The van der Waals surface area contributed by atoms with Gasteiger partial charge in [-0.1, -0.05) is 35.0 Å². The molecule has 0 spiro atoms. The third kappa shape index (κ3) is 4.92. The maximum atomic E-state index is 12.1. The summed E-state index contributed by atoms with van der Waals surface area (Å²) in [7, 11) is 1.60. The molecule has 3 rings (SSSR count). The van der Waals surface area contributed by atoms with Gasteiger partial charge in [0.15, 0.2) is 4.34 Å². The summed E-state index contributed by atoms with van der Waals surface area (Å²) in [5.74, 6) is 0.919. The van der Waals surface area contributed by atoms with Gasteiger partial charge in [-0.05, 0) is 42.5 Å². The van der Waals surface area contributed by atoms with Crippen LogP contribution in [0.4, 0.5) is 5.69 Å². The van der Waals surface area contributed by atoms with Crippen molar-refractivity contribution in [2.24, 2.45) is 0 Å². The summed E-state index contributed by atoms with van der Waals surface area (Å²) in [6, 6.07) is 12.5. The number of methoxy groups -OCH3 is 1. The standard InChI is InChI=1S/C18H14Cl2N2O2S2/c1-24-13-5-3-12(4-6-13)21-17(23)10-26-18-22-16(9-25-18)14-7-2-11(19)8-15(14)20/h2-9H,10H2,1H3,(H,21,23). The van der Waals surface area contributed by atoms with Crippen molar-refractivity contribution in [2.75, 3.05) is 18.2 Å². The molecule has 0 radical (unpaired) electrons. The Morgan fingerprint density at radius 1 is 1.23 bits per heavy atom. The molecule has 134 valence electrons. The van der Waals surface area contributed by atoms with Gasteiger partial charge in [-0.3, -0.25) is 4.79 Å². The lowest BCUT2D eigenvalue weighted by Crippen LogP contribution is -2.13. The van der Waals surface area contributed by atoms with Crippen molar-refractivity contribution >= 4 is 57.9 Å². The van der Waals surface area contributed by atoms with Crippen LogP contribution >= 0.6 is 46.3 Å². The fourth-order valence-corrected chi connectivity index (χ4v) is 4.27. The van der Waals surface area contributed by atoms with Gasteiger partial charge in [-0.2, -0.15) is 0 Å². The molecule has 1 heterocycles. The Labute approximate surface area is 169 Å². The fraction of sp³-hybridized carbons (Fsp3) is 0.111. The largest absolute Gasteiger partial charge is 0.497 e. The van der Waals surface area contributed by atoms with E-state index in [2.05, 4.69) is 10.3 Å². The van der Waals surface area contributed by atoms with Crippen LogP contribution in [0.3, 0.4) is 0 Å². The molecule has 3 aromatic rings. The number of nitrogens with one attached hydrogen (secondary N) is 1. The second-order valence-electron chi connectivity index (χ2n) is 5.19. The van der Waals surface area contributed by atoms with Crippen LogP contribution in [0.1, 0.15) is 0 Å². The number of rotatable bonds is 6. The van der Waals surface area contributed by atoms with E-state index in [0.717, 1.165) is 27.0 Å². The number of thioether (sulfide) groups is 1. The zero-order valence-electron chi connectivity index (χ0n) is 13.7. The van der Waals surface area contributed by atoms with E-state index in [1.165, 1.54) is 23.1 Å². The van der Waals surface area contributed by atoms with Crippen LogP contribution in [0.25, 0.3) is 11.3 Å². The molecule has 0 fully saturated rings. The predicted molar refractivity (Wildman–Crippen MR) is 110 cm³/mol. The van der Waals surface area contributed by atoms with E-state index >= 15 is 0 Å². The van der Waals surface area contributed by atoms with Crippen LogP contribution in [0.2, 0.25) is 10.0 Å². The third-order valence-corrected chi connectivity index (χ3v) is 5.96. The highest BCUT2D eigenvalue weighted by Crippen LogP contribution is 2.33. The van der Waals surface area contributed by atoms with Crippen LogP contribution < -0.4 is 10.1 Å². The third-order valence-electron chi connectivity index (χ3n) is 3.39. The highest BCUT2D eigenvalue weighted by molar-refractivity contribution is 8.01. The van der Waals surface area contributed by atoms with Gasteiger partial charge in [0, 0.05) is 21.7 Å². The molecule has 1 amide bonds. The van der Waals surface area contributed by atoms with Crippen LogP contribution in [0.5, 0.6) is 5.75 Å². The quantitative estimate of drug-likeness (QED) is 0.503. The molecule has 0 bridgehead atoms. The molecule has 0 unspecified atom stereocenters. The number of amides is 1. The molecular formula is C18H14Cl2N2O2S2. The van der Waals surface area contributed by atoms with E-state index in [4.69, 9.17) is 27.9 Å². The number of carbonyl (C=O) groups is 1. The van der Waals surface area contributed by atoms with Crippen molar-refractivity contribution in [3.05, 3.63) is 57.9 Å². The number of thiazole rings is 1. The van der Waals surface area contributed by atoms with Crippen molar-refractivity contribution in [1.29, 1.82) is 0 Å².